The molecule has 2 fully saturated rings. The maximum atomic E-state index is 13.7. The Bertz CT molecular complexity index is 906. The Hall–Kier alpha value is -2.12. The molecule has 0 spiro atoms. The highest BCUT2D eigenvalue weighted by atomic mass is 16.6. The lowest BCUT2D eigenvalue weighted by Crippen LogP contribution is -2.61. The molecule has 214 valence electrons. The summed E-state index contributed by atoms with van der Waals surface area (Å²) in [5, 5.41) is 0. The van der Waals surface area contributed by atoms with Gasteiger partial charge in [-0.3, -0.25) is 19.4 Å². The molecule has 0 amide bonds. The van der Waals surface area contributed by atoms with Crippen LogP contribution in [0.3, 0.4) is 0 Å². The number of likely N-dealkylation sites (tertiary alicyclic amines) is 2. The summed E-state index contributed by atoms with van der Waals surface area (Å²) in [6.07, 6.45) is 2.52. The topological polar surface area (TPSA) is 68.3 Å². The number of carbonyl (C=O) groups is 2. The molecular weight excluding hydrogens is 480 g/mol. The van der Waals surface area contributed by atoms with Gasteiger partial charge in [0, 0.05) is 47.8 Å². The van der Waals surface area contributed by atoms with Crippen molar-refractivity contribution in [3.8, 4) is 5.75 Å². The second kappa shape index (κ2) is 10.8. The fourth-order valence-corrected chi connectivity index (χ4v) is 6.48. The first-order valence-corrected chi connectivity index (χ1v) is 13.9. The van der Waals surface area contributed by atoms with E-state index in [0.717, 1.165) is 11.3 Å². The molecule has 1 aromatic rings. The first-order valence-electron chi connectivity index (χ1n) is 13.9. The predicted molar refractivity (Wildman–Crippen MR) is 150 cm³/mol. The van der Waals surface area contributed by atoms with Crippen molar-refractivity contribution >= 4 is 11.9 Å². The van der Waals surface area contributed by atoms with Gasteiger partial charge in [0.2, 0.25) is 0 Å². The van der Waals surface area contributed by atoms with E-state index in [-0.39, 0.29) is 40.8 Å². The number of hydrogen-bond acceptors (Lipinski definition) is 7. The summed E-state index contributed by atoms with van der Waals surface area (Å²) in [5.41, 5.74) is 0.319. The Morgan fingerprint density at radius 3 is 1.39 bits per heavy atom. The number of rotatable bonds is 7. The molecule has 0 unspecified atom stereocenters. The molecule has 0 atom stereocenters. The Balaban J connectivity index is 1.82. The second-order valence-electron chi connectivity index (χ2n) is 13.9. The zero-order valence-corrected chi connectivity index (χ0v) is 25.5. The molecular formula is C31H50N2O5. The molecule has 38 heavy (non-hydrogen) atoms. The maximum Gasteiger partial charge on any atom is 0.320 e. The number of carbonyl (C=O) groups excluding carboxylic acids is 2. The molecule has 2 aliphatic heterocycles. The van der Waals surface area contributed by atoms with E-state index >= 15 is 0 Å². The molecule has 1 aromatic carbocycles. The van der Waals surface area contributed by atoms with E-state index in [1.807, 2.05) is 24.3 Å². The SMILES string of the molecule is COc1ccc(CC(C(=O)OC2CC(C)(C)N(C)C(C)(C)C2)C(=O)OC2CC(C)(C)N(C)C(C)(C)C2)cc1. The van der Waals surface area contributed by atoms with Gasteiger partial charge >= 0.3 is 11.9 Å². The van der Waals surface area contributed by atoms with Gasteiger partial charge in [-0.2, -0.15) is 0 Å². The number of esters is 2. The molecule has 2 saturated heterocycles. The van der Waals surface area contributed by atoms with Gasteiger partial charge in [0.25, 0.3) is 0 Å². The molecule has 0 bridgehead atoms. The van der Waals surface area contributed by atoms with E-state index in [1.54, 1.807) is 7.11 Å². The van der Waals surface area contributed by atoms with Crippen LogP contribution >= 0.6 is 0 Å². The number of benzene rings is 1. The largest absolute Gasteiger partial charge is 0.497 e. The highest BCUT2D eigenvalue weighted by molar-refractivity contribution is 5.95. The lowest BCUT2D eigenvalue weighted by Gasteiger charge is -2.53. The Kier molecular flexibility index (Phi) is 8.65. The monoisotopic (exact) mass is 530 g/mol. The summed E-state index contributed by atoms with van der Waals surface area (Å²) >= 11 is 0. The molecule has 2 heterocycles. The predicted octanol–water partition coefficient (Wildman–Crippen LogP) is 5.24. The van der Waals surface area contributed by atoms with Crippen molar-refractivity contribution in [2.45, 2.75) is 122 Å². The molecule has 7 heteroatoms. The third kappa shape index (κ3) is 6.71. The smallest absolute Gasteiger partial charge is 0.320 e. The number of methoxy groups -OCH3 is 1. The van der Waals surface area contributed by atoms with Crippen molar-refractivity contribution in [3.05, 3.63) is 29.8 Å². The summed E-state index contributed by atoms with van der Waals surface area (Å²) in [6.45, 7) is 17.3. The van der Waals surface area contributed by atoms with Gasteiger partial charge in [-0.05, 0) is 93.6 Å². The average molecular weight is 531 g/mol. The Morgan fingerprint density at radius 2 is 1.08 bits per heavy atom. The van der Waals surface area contributed by atoms with Crippen LogP contribution in [0.2, 0.25) is 0 Å². The highest BCUT2D eigenvalue weighted by Crippen LogP contribution is 2.40. The van der Waals surface area contributed by atoms with Gasteiger partial charge in [-0.25, -0.2) is 0 Å². The third-order valence-corrected chi connectivity index (χ3v) is 9.27. The van der Waals surface area contributed by atoms with E-state index in [9.17, 15) is 9.59 Å². The van der Waals surface area contributed by atoms with Crippen LogP contribution in [0.15, 0.2) is 24.3 Å². The summed E-state index contributed by atoms with van der Waals surface area (Å²) in [6, 6.07) is 7.45. The molecule has 3 rings (SSSR count). The number of piperidine rings is 2. The van der Waals surface area contributed by atoms with Gasteiger partial charge in [0.1, 0.15) is 18.0 Å². The van der Waals surface area contributed by atoms with E-state index in [2.05, 4.69) is 79.3 Å². The summed E-state index contributed by atoms with van der Waals surface area (Å²) in [4.78, 5) is 32.0. The maximum absolute atomic E-state index is 13.7. The molecule has 0 radical (unpaired) electrons. The zero-order valence-electron chi connectivity index (χ0n) is 25.5. The summed E-state index contributed by atoms with van der Waals surface area (Å²) < 4.78 is 17.5. The van der Waals surface area contributed by atoms with Crippen molar-refractivity contribution in [1.29, 1.82) is 0 Å². The van der Waals surface area contributed by atoms with Crippen molar-refractivity contribution in [2.24, 2.45) is 5.92 Å². The van der Waals surface area contributed by atoms with Crippen LogP contribution in [-0.2, 0) is 25.5 Å². The van der Waals surface area contributed by atoms with Crippen LogP contribution in [0.25, 0.3) is 0 Å². The molecule has 2 aliphatic rings. The normalized spacial score (nSPS) is 23.7. The van der Waals surface area contributed by atoms with Crippen LogP contribution < -0.4 is 4.74 Å². The van der Waals surface area contributed by atoms with Gasteiger partial charge in [0.05, 0.1) is 7.11 Å². The van der Waals surface area contributed by atoms with Crippen LogP contribution in [0, 0.1) is 5.92 Å². The quantitative estimate of drug-likeness (QED) is 0.353. The minimum atomic E-state index is -1.03. The van der Waals surface area contributed by atoms with Gasteiger partial charge in [-0.1, -0.05) is 12.1 Å². The van der Waals surface area contributed by atoms with Crippen molar-refractivity contribution in [1.82, 2.24) is 9.80 Å². The molecule has 0 N–H and O–H groups in total. The fourth-order valence-electron chi connectivity index (χ4n) is 6.48. The standard InChI is InChI=1S/C31H50N2O5/c1-28(2)17-23(18-29(3,4)32(28)9)37-26(34)25(16-21-12-14-22(36-11)15-13-21)27(35)38-24-19-30(5,6)33(10)31(7,8)20-24/h12-15,23-25H,16-20H2,1-11H3. The van der Waals surface area contributed by atoms with E-state index in [1.165, 1.54) is 0 Å². The van der Waals surface area contributed by atoms with Crippen LogP contribution in [0.5, 0.6) is 5.75 Å². The van der Waals surface area contributed by atoms with Gasteiger partial charge in [0.15, 0.2) is 5.92 Å². The number of hydrogen-bond donors (Lipinski definition) is 0. The van der Waals surface area contributed by atoms with Crippen molar-refractivity contribution in [2.75, 3.05) is 21.2 Å². The minimum Gasteiger partial charge on any atom is -0.497 e. The second-order valence-corrected chi connectivity index (χ2v) is 13.9. The first kappa shape index (κ1) is 30.4. The number of ether oxygens (including phenoxy) is 3. The van der Waals surface area contributed by atoms with Gasteiger partial charge < -0.3 is 14.2 Å². The van der Waals surface area contributed by atoms with Crippen molar-refractivity contribution in [3.63, 3.8) is 0 Å². The number of nitrogens with zero attached hydrogens (tertiary/aromatic N) is 2. The molecule has 0 saturated carbocycles. The van der Waals surface area contributed by atoms with Crippen molar-refractivity contribution < 1.29 is 23.8 Å². The Morgan fingerprint density at radius 1 is 0.737 bits per heavy atom. The minimum absolute atomic E-state index is 0.135. The summed E-state index contributed by atoms with van der Waals surface area (Å²) in [5.74, 6) is -1.31. The molecule has 0 aromatic heterocycles. The van der Waals surface area contributed by atoms with Crippen LogP contribution in [-0.4, -0.2) is 77.3 Å². The average Bonchev–Trinajstić information content (AvgIpc) is 2.78. The lowest BCUT2D eigenvalue weighted by atomic mass is 9.78. The van der Waals surface area contributed by atoms with E-state index in [4.69, 9.17) is 14.2 Å². The Labute approximate surface area is 230 Å². The third-order valence-electron chi connectivity index (χ3n) is 9.27. The van der Waals surface area contributed by atoms with Crippen LogP contribution in [0.4, 0.5) is 0 Å². The molecule has 0 aliphatic carbocycles. The fraction of sp³-hybridized carbons (Fsp3) is 0.742. The molecule has 7 nitrogen and oxygen atoms in total. The van der Waals surface area contributed by atoms with E-state index in [0.29, 0.717) is 25.7 Å². The van der Waals surface area contributed by atoms with Gasteiger partial charge in [-0.15, -0.1) is 0 Å². The summed E-state index contributed by atoms with van der Waals surface area (Å²) in [7, 11) is 5.85. The van der Waals surface area contributed by atoms with E-state index < -0.39 is 17.9 Å². The van der Waals surface area contributed by atoms with Crippen LogP contribution in [0.1, 0.15) is 86.6 Å². The zero-order chi connectivity index (χ0) is 28.7. The first-order chi connectivity index (χ1) is 17.4. The lowest BCUT2D eigenvalue weighted by molar-refractivity contribution is -0.177. The highest BCUT2D eigenvalue weighted by Gasteiger charge is 2.47.